The molecule has 3 N–H and O–H groups in total. The Morgan fingerprint density at radius 1 is 1.25 bits per heavy atom. The summed E-state index contributed by atoms with van der Waals surface area (Å²) in [6, 6.07) is 13.6. The lowest BCUT2D eigenvalue weighted by molar-refractivity contribution is 0.118. The van der Waals surface area contributed by atoms with Gasteiger partial charge in [0.15, 0.2) is 0 Å². The molecule has 3 aromatic rings. The van der Waals surface area contributed by atoms with Crippen molar-refractivity contribution in [1.82, 2.24) is 10.2 Å². The molecule has 0 amide bonds. The van der Waals surface area contributed by atoms with Crippen LogP contribution >= 0.6 is 11.6 Å². The van der Waals surface area contributed by atoms with Crippen molar-refractivity contribution in [3.63, 3.8) is 0 Å². The van der Waals surface area contributed by atoms with Gasteiger partial charge in [0.25, 0.3) is 5.56 Å². The highest BCUT2D eigenvalue weighted by Crippen LogP contribution is 2.25. The maximum Gasteiger partial charge on any atom is 0.285 e. The highest BCUT2D eigenvalue weighted by Gasteiger charge is 2.10. The van der Waals surface area contributed by atoms with E-state index in [1.807, 2.05) is 42.5 Å². The Kier molecular flexibility index (Phi) is 4.98. The molecule has 2 aromatic carbocycles. The third-order valence-electron chi connectivity index (χ3n) is 3.50. The SMILES string of the molecule is O=c1[nH]ncc(NCC(O)COc2cccc3ccccc23)c1Cl. The van der Waals surface area contributed by atoms with E-state index < -0.39 is 11.7 Å². The number of nitrogens with one attached hydrogen (secondary N) is 2. The molecule has 0 saturated carbocycles. The number of aliphatic hydroxyl groups is 1. The normalized spacial score (nSPS) is 12.1. The summed E-state index contributed by atoms with van der Waals surface area (Å²) >= 11 is 5.86. The number of fused-ring (bicyclic) bond motifs is 1. The number of hydrogen-bond acceptors (Lipinski definition) is 5. The molecule has 0 aliphatic rings. The molecule has 0 fully saturated rings. The molecule has 0 spiro atoms. The first kappa shape index (κ1) is 16.3. The Balaban J connectivity index is 1.60. The van der Waals surface area contributed by atoms with E-state index in [-0.39, 0.29) is 18.2 Å². The highest BCUT2D eigenvalue weighted by molar-refractivity contribution is 6.32. The lowest BCUT2D eigenvalue weighted by atomic mass is 10.1. The molecule has 0 radical (unpaired) electrons. The minimum Gasteiger partial charge on any atom is -0.490 e. The number of aliphatic hydroxyl groups excluding tert-OH is 1. The smallest absolute Gasteiger partial charge is 0.285 e. The second-order valence-electron chi connectivity index (χ2n) is 5.25. The van der Waals surface area contributed by atoms with Crippen LogP contribution in [-0.4, -0.2) is 34.6 Å². The van der Waals surface area contributed by atoms with Crippen LogP contribution in [0, 0.1) is 0 Å². The van der Waals surface area contributed by atoms with E-state index in [2.05, 4.69) is 15.5 Å². The Morgan fingerprint density at radius 3 is 2.92 bits per heavy atom. The maximum atomic E-state index is 11.3. The molecule has 6 nitrogen and oxygen atoms in total. The van der Waals surface area contributed by atoms with Gasteiger partial charge in [0.1, 0.15) is 23.5 Å². The summed E-state index contributed by atoms with van der Waals surface area (Å²) in [6.07, 6.45) is 0.612. The first-order chi connectivity index (χ1) is 11.6. The molecule has 1 aromatic heterocycles. The van der Waals surface area contributed by atoms with Gasteiger partial charge in [-0.25, -0.2) is 5.10 Å². The number of hydrogen-bond donors (Lipinski definition) is 3. The van der Waals surface area contributed by atoms with E-state index in [1.165, 1.54) is 6.20 Å². The van der Waals surface area contributed by atoms with E-state index in [9.17, 15) is 9.90 Å². The van der Waals surface area contributed by atoms with E-state index in [0.717, 1.165) is 10.8 Å². The van der Waals surface area contributed by atoms with Gasteiger partial charge in [0.05, 0.1) is 11.9 Å². The lowest BCUT2D eigenvalue weighted by Crippen LogP contribution is -2.27. The van der Waals surface area contributed by atoms with Crippen LogP contribution in [0.5, 0.6) is 5.75 Å². The molecule has 0 bridgehead atoms. The number of benzene rings is 2. The van der Waals surface area contributed by atoms with Gasteiger partial charge in [-0.1, -0.05) is 48.0 Å². The second-order valence-corrected chi connectivity index (χ2v) is 5.63. The highest BCUT2D eigenvalue weighted by atomic mass is 35.5. The number of halogens is 1. The molecule has 7 heteroatoms. The Morgan fingerprint density at radius 2 is 2.04 bits per heavy atom. The predicted molar refractivity (Wildman–Crippen MR) is 93.8 cm³/mol. The molecule has 0 saturated heterocycles. The van der Waals surface area contributed by atoms with Gasteiger partial charge in [-0.2, -0.15) is 5.10 Å². The third kappa shape index (κ3) is 3.67. The Labute approximate surface area is 143 Å². The minimum atomic E-state index is -0.778. The zero-order chi connectivity index (χ0) is 16.9. The van der Waals surface area contributed by atoms with Crippen molar-refractivity contribution < 1.29 is 9.84 Å². The third-order valence-corrected chi connectivity index (χ3v) is 3.88. The van der Waals surface area contributed by atoms with E-state index >= 15 is 0 Å². The molecule has 124 valence electrons. The fourth-order valence-corrected chi connectivity index (χ4v) is 2.46. The van der Waals surface area contributed by atoms with Crippen LogP contribution in [0.1, 0.15) is 0 Å². The van der Waals surface area contributed by atoms with Crippen molar-refractivity contribution in [3.05, 3.63) is 64.0 Å². The van der Waals surface area contributed by atoms with Gasteiger partial charge in [0.2, 0.25) is 0 Å². The second kappa shape index (κ2) is 7.33. The molecule has 0 aliphatic heterocycles. The monoisotopic (exact) mass is 345 g/mol. The Bertz CT molecular complexity index is 892. The molecule has 1 unspecified atom stereocenters. The van der Waals surface area contributed by atoms with E-state index in [4.69, 9.17) is 16.3 Å². The molecular weight excluding hydrogens is 330 g/mol. The standard InChI is InChI=1S/C17H16ClN3O3/c18-16-14(9-20-21-17(16)23)19-8-12(22)10-24-15-7-3-5-11-4-1-2-6-13(11)15/h1-7,9,12,22H,8,10H2,(H2,19,21,23). The molecule has 3 rings (SSSR count). The number of rotatable bonds is 6. The maximum absolute atomic E-state index is 11.3. The summed E-state index contributed by atoms with van der Waals surface area (Å²) in [4.78, 5) is 11.3. The van der Waals surface area contributed by atoms with Crippen molar-refractivity contribution >= 4 is 28.1 Å². The molecular formula is C17H16ClN3O3. The zero-order valence-electron chi connectivity index (χ0n) is 12.7. The molecule has 24 heavy (non-hydrogen) atoms. The summed E-state index contributed by atoms with van der Waals surface area (Å²) in [5.41, 5.74) is -0.118. The average molecular weight is 346 g/mol. The number of anilines is 1. The number of H-pyrrole nitrogens is 1. The van der Waals surface area contributed by atoms with Crippen molar-refractivity contribution in [2.75, 3.05) is 18.5 Å². The molecule has 1 heterocycles. The topological polar surface area (TPSA) is 87.2 Å². The summed E-state index contributed by atoms with van der Waals surface area (Å²) in [5.74, 6) is 0.711. The summed E-state index contributed by atoms with van der Waals surface area (Å²) in [5, 5.41) is 20.9. The van der Waals surface area contributed by atoms with Crippen molar-refractivity contribution in [3.8, 4) is 5.75 Å². The van der Waals surface area contributed by atoms with Gasteiger partial charge in [0, 0.05) is 11.9 Å². The van der Waals surface area contributed by atoms with Gasteiger partial charge in [-0.15, -0.1) is 0 Å². The van der Waals surface area contributed by atoms with E-state index in [1.54, 1.807) is 0 Å². The average Bonchev–Trinajstić information content (AvgIpc) is 2.61. The largest absolute Gasteiger partial charge is 0.490 e. The van der Waals surface area contributed by atoms with Crippen molar-refractivity contribution in [1.29, 1.82) is 0 Å². The van der Waals surface area contributed by atoms with Crippen molar-refractivity contribution in [2.24, 2.45) is 0 Å². The minimum absolute atomic E-state index is 0.00664. The first-order valence-corrected chi connectivity index (χ1v) is 7.78. The summed E-state index contributed by atoms with van der Waals surface area (Å²) < 4.78 is 5.72. The fraction of sp³-hybridized carbons (Fsp3) is 0.176. The Hall–Kier alpha value is -2.57. The summed E-state index contributed by atoms with van der Waals surface area (Å²) in [6.45, 7) is 0.283. The van der Waals surface area contributed by atoms with Crippen LogP contribution < -0.4 is 15.6 Å². The summed E-state index contributed by atoms with van der Waals surface area (Å²) in [7, 11) is 0. The van der Waals surface area contributed by atoms with Gasteiger partial charge in [-0.05, 0) is 11.5 Å². The van der Waals surface area contributed by atoms with Gasteiger partial charge >= 0.3 is 0 Å². The number of nitrogens with zero attached hydrogens (tertiary/aromatic N) is 1. The lowest BCUT2D eigenvalue weighted by Gasteiger charge is -2.15. The van der Waals surface area contributed by atoms with Crippen LogP contribution in [-0.2, 0) is 0 Å². The van der Waals surface area contributed by atoms with Crippen LogP contribution in [0.3, 0.4) is 0 Å². The quantitative estimate of drug-likeness (QED) is 0.638. The van der Waals surface area contributed by atoms with Crippen molar-refractivity contribution in [2.45, 2.75) is 6.10 Å². The zero-order valence-corrected chi connectivity index (χ0v) is 13.5. The molecule has 0 aliphatic carbocycles. The van der Waals surface area contributed by atoms with Gasteiger partial charge in [-0.3, -0.25) is 4.79 Å². The fourth-order valence-electron chi connectivity index (χ4n) is 2.30. The number of aromatic amines is 1. The van der Waals surface area contributed by atoms with E-state index in [0.29, 0.717) is 11.4 Å². The van der Waals surface area contributed by atoms with Crippen LogP contribution in [0.25, 0.3) is 10.8 Å². The predicted octanol–water partition coefficient (Wildman–Crippen LogP) is 2.43. The van der Waals surface area contributed by atoms with Crippen LogP contribution in [0.4, 0.5) is 5.69 Å². The van der Waals surface area contributed by atoms with Gasteiger partial charge < -0.3 is 15.2 Å². The molecule has 1 atom stereocenters. The number of ether oxygens (including phenoxy) is 1. The van der Waals surface area contributed by atoms with Crippen LogP contribution in [0.15, 0.2) is 53.5 Å². The number of aromatic nitrogens is 2. The van der Waals surface area contributed by atoms with Crippen LogP contribution in [0.2, 0.25) is 5.02 Å². The first-order valence-electron chi connectivity index (χ1n) is 7.41.